The molecule has 1 aliphatic rings. The van der Waals surface area contributed by atoms with E-state index in [0.717, 1.165) is 30.8 Å². The van der Waals surface area contributed by atoms with E-state index in [1.165, 1.54) is 22.8 Å². The topological polar surface area (TPSA) is 41.9 Å². The molecule has 0 saturated heterocycles. The maximum atomic E-state index is 13.0. The van der Waals surface area contributed by atoms with Crippen molar-refractivity contribution >= 4 is 17.4 Å². The Kier molecular flexibility index (Phi) is 4.36. The maximum Gasteiger partial charge on any atom is 0.178 e. The van der Waals surface area contributed by atoms with Crippen molar-refractivity contribution in [2.45, 2.75) is 17.9 Å². The molecule has 1 aromatic carbocycles. The molecule has 3 aromatic rings. The van der Waals surface area contributed by atoms with Gasteiger partial charge in [-0.15, -0.1) is 11.8 Å². The van der Waals surface area contributed by atoms with Crippen LogP contribution >= 0.6 is 11.8 Å². The summed E-state index contributed by atoms with van der Waals surface area (Å²) in [6.45, 7) is 1.71. The van der Waals surface area contributed by atoms with E-state index in [-0.39, 0.29) is 5.82 Å². The normalized spacial score (nSPS) is 13.6. The van der Waals surface area contributed by atoms with E-state index in [2.05, 4.69) is 50.4 Å². The first-order valence-electron chi connectivity index (χ1n) is 8.08. The highest BCUT2D eigenvalue weighted by Gasteiger charge is 2.19. The van der Waals surface area contributed by atoms with Crippen molar-refractivity contribution in [3.63, 3.8) is 0 Å². The van der Waals surface area contributed by atoms with Gasteiger partial charge in [0.15, 0.2) is 5.82 Å². The highest BCUT2D eigenvalue weighted by molar-refractivity contribution is 7.98. The minimum atomic E-state index is -0.357. The summed E-state index contributed by atoms with van der Waals surface area (Å²) < 4.78 is 13.0. The van der Waals surface area contributed by atoms with Crippen molar-refractivity contribution in [1.29, 1.82) is 0 Å². The van der Waals surface area contributed by atoms with Gasteiger partial charge in [0.25, 0.3) is 0 Å². The molecule has 1 aliphatic heterocycles. The zero-order chi connectivity index (χ0) is 17.2. The van der Waals surface area contributed by atoms with Gasteiger partial charge in [-0.05, 0) is 42.7 Å². The molecule has 0 spiro atoms. The van der Waals surface area contributed by atoms with Crippen LogP contribution in [0.4, 0.5) is 10.1 Å². The Hall–Kier alpha value is -2.47. The number of anilines is 1. The van der Waals surface area contributed by atoms with Crippen LogP contribution in [-0.4, -0.2) is 27.8 Å². The number of hydrogen-bond donors (Lipinski definition) is 0. The van der Waals surface area contributed by atoms with Crippen LogP contribution in [-0.2, 0) is 13.0 Å². The van der Waals surface area contributed by atoms with Crippen LogP contribution in [0.25, 0.3) is 11.5 Å². The summed E-state index contributed by atoms with van der Waals surface area (Å²) in [4.78, 5) is 16.7. The lowest BCUT2D eigenvalue weighted by atomic mass is 10.1. The average molecular weight is 352 g/mol. The number of benzene rings is 1. The number of pyridine rings is 1. The third-order valence-electron chi connectivity index (χ3n) is 4.33. The fourth-order valence-electron chi connectivity index (χ4n) is 2.96. The molecule has 25 heavy (non-hydrogen) atoms. The fourth-order valence-corrected chi connectivity index (χ4v) is 3.37. The maximum absolute atomic E-state index is 13.0. The van der Waals surface area contributed by atoms with E-state index in [1.807, 2.05) is 6.20 Å². The Labute approximate surface area is 150 Å². The summed E-state index contributed by atoms with van der Waals surface area (Å²) >= 11 is 1.75. The van der Waals surface area contributed by atoms with Crippen LogP contribution in [0.2, 0.25) is 0 Å². The summed E-state index contributed by atoms with van der Waals surface area (Å²) in [5, 5.41) is 0. The first kappa shape index (κ1) is 16.0. The lowest BCUT2D eigenvalue weighted by Gasteiger charge is -2.30. The van der Waals surface area contributed by atoms with Crippen LogP contribution < -0.4 is 4.90 Å². The number of rotatable bonds is 3. The number of thioether (sulfide) groups is 1. The number of fused-ring (bicyclic) bond motifs is 1. The number of aromatic nitrogens is 3. The summed E-state index contributed by atoms with van der Waals surface area (Å²) in [5.74, 6) is 0.196. The number of nitrogens with zero attached hydrogens (tertiary/aromatic N) is 4. The Bertz CT molecular complexity index is 881. The molecule has 0 radical (unpaired) electrons. The molecule has 0 amide bonds. The molecule has 0 saturated carbocycles. The van der Waals surface area contributed by atoms with E-state index < -0.39 is 0 Å². The minimum Gasteiger partial charge on any atom is -0.367 e. The van der Waals surface area contributed by atoms with Gasteiger partial charge in [-0.1, -0.05) is 0 Å². The molecule has 0 fully saturated rings. The standard InChI is InChI=1S/C19H17FN4S/c1-25-16-5-3-15(4-6-16)24-9-8-17-13(12-24)10-22-19(23-17)18-7-2-14(20)11-21-18/h2-7,10-11H,8-9,12H2,1H3. The van der Waals surface area contributed by atoms with E-state index in [9.17, 15) is 4.39 Å². The average Bonchev–Trinajstić information content (AvgIpc) is 2.68. The Morgan fingerprint density at radius 1 is 1.04 bits per heavy atom. The molecule has 0 unspecified atom stereocenters. The zero-order valence-electron chi connectivity index (χ0n) is 13.8. The van der Waals surface area contributed by atoms with Gasteiger partial charge in [0.2, 0.25) is 0 Å². The SMILES string of the molecule is CSc1ccc(N2CCc3nc(-c4ccc(F)cn4)ncc3C2)cc1. The van der Waals surface area contributed by atoms with Crippen molar-refractivity contribution in [1.82, 2.24) is 15.0 Å². The third kappa shape index (κ3) is 3.35. The van der Waals surface area contributed by atoms with Gasteiger partial charge < -0.3 is 4.90 Å². The molecule has 6 heteroatoms. The molecule has 0 atom stereocenters. The predicted molar refractivity (Wildman–Crippen MR) is 98.2 cm³/mol. The lowest BCUT2D eigenvalue weighted by Crippen LogP contribution is -2.31. The minimum absolute atomic E-state index is 0.357. The van der Waals surface area contributed by atoms with Gasteiger partial charge in [-0.3, -0.25) is 0 Å². The summed E-state index contributed by atoms with van der Waals surface area (Å²) in [6, 6.07) is 11.6. The Morgan fingerprint density at radius 3 is 2.60 bits per heavy atom. The van der Waals surface area contributed by atoms with Gasteiger partial charge in [0, 0.05) is 41.9 Å². The predicted octanol–water partition coefficient (Wildman–Crippen LogP) is 3.96. The van der Waals surface area contributed by atoms with Crippen molar-refractivity contribution in [3.8, 4) is 11.5 Å². The molecule has 126 valence electrons. The summed E-state index contributed by atoms with van der Waals surface area (Å²) in [6.07, 6.45) is 6.00. The molecule has 0 bridgehead atoms. The van der Waals surface area contributed by atoms with Gasteiger partial charge in [-0.25, -0.2) is 19.3 Å². The Balaban J connectivity index is 1.56. The first-order valence-corrected chi connectivity index (χ1v) is 9.31. The second-order valence-corrected chi connectivity index (χ2v) is 6.78. The molecule has 4 rings (SSSR count). The highest BCUT2D eigenvalue weighted by Crippen LogP contribution is 2.26. The van der Waals surface area contributed by atoms with Crippen LogP contribution in [0.3, 0.4) is 0 Å². The molecular weight excluding hydrogens is 335 g/mol. The molecule has 0 N–H and O–H groups in total. The summed E-state index contributed by atoms with van der Waals surface area (Å²) in [7, 11) is 0. The van der Waals surface area contributed by atoms with Crippen molar-refractivity contribution in [2.24, 2.45) is 0 Å². The van der Waals surface area contributed by atoms with E-state index in [0.29, 0.717) is 11.5 Å². The van der Waals surface area contributed by atoms with E-state index in [1.54, 1.807) is 17.8 Å². The molecule has 3 heterocycles. The lowest BCUT2D eigenvalue weighted by molar-refractivity contribution is 0.621. The quantitative estimate of drug-likeness (QED) is 0.668. The second kappa shape index (κ2) is 6.80. The van der Waals surface area contributed by atoms with Gasteiger partial charge in [0.1, 0.15) is 11.5 Å². The first-order chi connectivity index (χ1) is 12.2. The van der Waals surface area contributed by atoms with Gasteiger partial charge >= 0.3 is 0 Å². The summed E-state index contributed by atoms with van der Waals surface area (Å²) in [5.41, 5.74) is 3.99. The Morgan fingerprint density at radius 2 is 1.88 bits per heavy atom. The van der Waals surface area contributed by atoms with Gasteiger partial charge in [-0.2, -0.15) is 0 Å². The number of halogens is 1. The van der Waals surface area contributed by atoms with Crippen LogP contribution in [0.5, 0.6) is 0 Å². The van der Waals surface area contributed by atoms with Crippen LogP contribution in [0.1, 0.15) is 11.3 Å². The molecule has 0 aliphatic carbocycles. The smallest absolute Gasteiger partial charge is 0.178 e. The third-order valence-corrected chi connectivity index (χ3v) is 5.07. The van der Waals surface area contributed by atoms with Crippen molar-refractivity contribution in [2.75, 3.05) is 17.7 Å². The van der Waals surface area contributed by atoms with Crippen LogP contribution in [0, 0.1) is 5.82 Å². The molecule has 2 aromatic heterocycles. The highest BCUT2D eigenvalue weighted by atomic mass is 32.2. The monoisotopic (exact) mass is 352 g/mol. The largest absolute Gasteiger partial charge is 0.367 e. The zero-order valence-corrected chi connectivity index (χ0v) is 14.6. The molecular formula is C19H17FN4S. The van der Waals surface area contributed by atoms with E-state index >= 15 is 0 Å². The van der Waals surface area contributed by atoms with Crippen molar-refractivity contribution in [3.05, 3.63) is 65.9 Å². The van der Waals surface area contributed by atoms with Gasteiger partial charge in [0.05, 0.1) is 11.9 Å². The second-order valence-electron chi connectivity index (χ2n) is 5.90. The fraction of sp³-hybridized carbons (Fsp3) is 0.211. The van der Waals surface area contributed by atoms with Crippen molar-refractivity contribution < 1.29 is 4.39 Å². The number of hydrogen-bond acceptors (Lipinski definition) is 5. The molecule has 4 nitrogen and oxygen atoms in total. The van der Waals surface area contributed by atoms with E-state index in [4.69, 9.17) is 0 Å². The van der Waals surface area contributed by atoms with Crippen LogP contribution in [0.15, 0.2) is 53.7 Å².